The maximum Gasteiger partial charge on any atom is 0.416 e. The molecule has 228 valence electrons. The zero-order valence-electron chi connectivity index (χ0n) is 24.0. The second-order valence-corrected chi connectivity index (χ2v) is 11.4. The van der Waals surface area contributed by atoms with Gasteiger partial charge < -0.3 is 0 Å². The minimum Gasteiger partial charge on any atom is -0.296 e. The molecule has 1 aromatic heterocycles. The number of carbonyl (C=O) groups excluding carboxylic acids is 1. The highest BCUT2D eigenvalue weighted by Crippen LogP contribution is 2.31. The van der Waals surface area contributed by atoms with Gasteiger partial charge in [-0.05, 0) is 73.4 Å². The van der Waals surface area contributed by atoms with E-state index in [0.717, 1.165) is 53.8 Å². The number of benzene rings is 3. The highest BCUT2D eigenvalue weighted by molar-refractivity contribution is 8.15. The molecule has 1 saturated heterocycles. The third-order valence-corrected chi connectivity index (χ3v) is 8.13. The summed E-state index contributed by atoms with van der Waals surface area (Å²) in [6.07, 6.45) is 0.0381. The van der Waals surface area contributed by atoms with E-state index in [2.05, 4.69) is 32.9 Å². The van der Waals surface area contributed by atoms with Crippen molar-refractivity contribution in [2.24, 2.45) is 4.99 Å². The molecule has 4 aromatic rings. The number of alkyl halides is 3. The molecule has 13 heteroatoms. The quantitative estimate of drug-likeness (QED) is 0.153. The summed E-state index contributed by atoms with van der Waals surface area (Å²) in [5.41, 5.74) is 9.53. The van der Waals surface area contributed by atoms with Gasteiger partial charge in [-0.25, -0.2) is 15.1 Å². The van der Waals surface area contributed by atoms with Crippen LogP contribution in [-0.2, 0) is 17.4 Å². The highest BCUT2D eigenvalue weighted by atomic mass is 32.2. The zero-order valence-corrected chi connectivity index (χ0v) is 25.6. The molecule has 1 aliphatic heterocycles. The third kappa shape index (κ3) is 7.34. The van der Waals surface area contributed by atoms with Crippen molar-refractivity contribution in [3.63, 3.8) is 0 Å². The van der Waals surface area contributed by atoms with Crippen molar-refractivity contribution in [1.29, 1.82) is 0 Å². The number of hydrazine groups is 1. The number of rotatable bonds is 9. The van der Waals surface area contributed by atoms with E-state index in [1.807, 2.05) is 55.5 Å². The first-order valence-corrected chi connectivity index (χ1v) is 15.4. The fourth-order valence-electron chi connectivity index (χ4n) is 4.60. The average molecular weight is 638 g/mol. The van der Waals surface area contributed by atoms with Gasteiger partial charge in [0, 0.05) is 11.6 Å². The van der Waals surface area contributed by atoms with E-state index in [4.69, 9.17) is 12.2 Å². The van der Waals surface area contributed by atoms with Gasteiger partial charge in [0.1, 0.15) is 6.33 Å². The first-order chi connectivity index (χ1) is 21.1. The summed E-state index contributed by atoms with van der Waals surface area (Å²) >= 11 is 6.83. The minimum atomic E-state index is -4.40. The molecule has 5 rings (SSSR count). The lowest BCUT2D eigenvalue weighted by Crippen LogP contribution is -2.38. The van der Waals surface area contributed by atoms with Gasteiger partial charge in [-0.15, -0.1) is 5.10 Å². The van der Waals surface area contributed by atoms with Crippen LogP contribution in [0.1, 0.15) is 49.4 Å². The van der Waals surface area contributed by atoms with Crippen LogP contribution in [0, 0.1) is 0 Å². The van der Waals surface area contributed by atoms with E-state index in [9.17, 15) is 18.0 Å². The zero-order chi connectivity index (χ0) is 31.3. The number of anilines is 1. The van der Waals surface area contributed by atoms with Gasteiger partial charge in [-0.2, -0.15) is 18.2 Å². The Bertz CT molecular complexity index is 1650. The maximum absolute atomic E-state index is 12.9. The summed E-state index contributed by atoms with van der Waals surface area (Å²) in [6, 6.07) is 20.1. The number of amides is 1. The van der Waals surface area contributed by atoms with Gasteiger partial charge in [-0.1, -0.05) is 67.6 Å². The van der Waals surface area contributed by atoms with E-state index >= 15 is 0 Å². The Balaban J connectivity index is 1.20. The van der Waals surface area contributed by atoms with Gasteiger partial charge in [0.05, 0.1) is 22.7 Å². The first kappa shape index (κ1) is 31.4. The van der Waals surface area contributed by atoms with Crippen LogP contribution in [0.25, 0.3) is 17.1 Å². The highest BCUT2D eigenvalue weighted by Gasteiger charge is 2.32. The normalized spacial score (nSPS) is 15.2. The van der Waals surface area contributed by atoms with E-state index in [1.54, 1.807) is 4.90 Å². The van der Waals surface area contributed by atoms with Crippen LogP contribution in [-0.4, -0.2) is 36.7 Å². The number of halogens is 3. The van der Waals surface area contributed by atoms with Gasteiger partial charge in [0.15, 0.2) is 11.0 Å². The Morgan fingerprint density at radius 3 is 2.52 bits per heavy atom. The van der Waals surface area contributed by atoms with Crippen LogP contribution in [0.5, 0.6) is 0 Å². The fourth-order valence-corrected chi connectivity index (χ4v) is 5.67. The van der Waals surface area contributed by atoms with Crippen molar-refractivity contribution in [1.82, 2.24) is 25.6 Å². The largest absolute Gasteiger partial charge is 0.416 e. The molecule has 0 bridgehead atoms. The van der Waals surface area contributed by atoms with Crippen molar-refractivity contribution in [3.05, 3.63) is 95.8 Å². The summed E-state index contributed by atoms with van der Waals surface area (Å²) < 4.78 is 40.0. The molecule has 0 spiro atoms. The number of hydrogen-bond acceptors (Lipinski definition) is 6. The Hall–Kier alpha value is -4.07. The minimum absolute atomic E-state index is 0.0272. The van der Waals surface area contributed by atoms with E-state index in [1.165, 1.54) is 34.9 Å². The van der Waals surface area contributed by atoms with E-state index in [0.29, 0.717) is 22.4 Å². The van der Waals surface area contributed by atoms with Crippen molar-refractivity contribution in [2.45, 2.75) is 45.3 Å². The van der Waals surface area contributed by atoms with E-state index in [-0.39, 0.29) is 17.1 Å². The number of amidine groups is 1. The number of para-hydroxylation sites is 1. The Kier molecular flexibility index (Phi) is 9.77. The molecule has 0 saturated carbocycles. The molecule has 1 aliphatic rings. The van der Waals surface area contributed by atoms with Crippen molar-refractivity contribution >= 4 is 45.9 Å². The summed E-state index contributed by atoms with van der Waals surface area (Å²) in [5, 5.41) is 5.16. The molecule has 0 radical (unpaired) electrons. The van der Waals surface area contributed by atoms with Crippen molar-refractivity contribution in [2.75, 3.05) is 10.7 Å². The number of hydrogen-bond donors (Lipinski definition) is 2. The number of aliphatic imine (C=N–C) groups is 1. The third-order valence-electron chi connectivity index (χ3n) is 7.01. The maximum atomic E-state index is 12.9. The smallest absolute Gasteiger partial charge is 0.296 e. The Labute approximate surface area is 262 Å². The molecule has 1 atom stereocenters. The molecule has 2 N–H and O–H groups in total. The Morgan fingerprint density at radius 1 is 1.09 bits per heavy atom. The molecule has 1 unspecified atom stereocenters. The molecule has 3 aromatic carbocycles. The summed E-state index contributed by atoms with van der Waals surface area (Å²) in [4.78, 5) is 23.3. The van der Waals surface area contributed by atoms with Gasteiger partial charge in [-0.3, -0.25) is 15.1 Å². The molecule has 1 amide bonds. The van der Waals surface area contributed by atoms with E-state index < -0.39 is 11.7 Å². The summed E-state index contributed by atoms with van der Waals surface area (Å²) in [6.45, 7) is 4.10. The van der Waals surface area contributed by atoms with Gasteiger partial charge >= 0.3 is 6.18 Å². The molecule has 0 aliphatic carbocycles. The van der Waals surface area contributed by atoms with Crippen LogP contribution in [0.3, 0.4) is 0 Å². The lowest BCUT2D eigenvalue weighted by molar-refractivity contribution is -0.137. The van der Waals surface area contributed by atoms with Gasteiger partial charge in [0.25, 0.3) is 0 Å². The number of nitrogens with one attached hydrogen (secondary N) is 2. The monoisotopic (exact) mass is 637 g/mol. The van der Waals surface area contributed by atoms with Gasteiger partial charge in [0.2, 0.25) is 11.0 Å². The number of unbranched alkanes of at least 4 members (excludes halogenated alkanes) is 1. The van der Waals surface area contributed by atoms with Crippen molar-refractivity contribution < 1.29 is 18.0 Å². The SMILES string of the molecule is CCCCc1ccccc1N1C(=O)CS/C1=N\C(=S)NNC(C)c1ccc(-c2ncn(-c3ccc(C(F)(F)F)cc3)n2)cc1. The van der Waals surface area contributed by atoms with Crippen LogP contribution < -0.4 is 15.8 Å². The van der Waals surface area contributed by atoms with Crippen LogP contribution in [0.4, 0.5) is 18.9 Å². The predicted molar refractivity (Wildman–Crippen MR) is 172 cm³/mol. The second kappa shape index (κ2) is 13.7. The molecule has 44 heavy (non-hydrogen) atoms. The number of thioether (sulfide) groups is 1. The molecular weight excluding hydrogens is 608 g/mol. The topological polar surface area (TPSA) is 87.4 Å². The standard InChI is InChI=1S/C31H30F3N7OS2/c1-3-4-7-22-8-5-6-9-26(22)41-27(42)18-44-30(41)36-29(43)38-37-20(2)21-10-12-23(13-11-21)28-35-19-40(39-28)25-16-14-24(15-17-25)31(32,33)34/h5-6,8-17,19-20,37H,3-4,7,18H2,1-2H3,(H,38,43)/b36-30-. The van der Waals surface area contributed by atoms with Crippen LogP contribution in [0.15, 0.2) is 84.1 Å². The molecule has 2 heterocycles. The first-order valence-electron chi connectivity index (χ1n) is 14.0. The number of nitrogens with zero attached hydrogens (tertiary/aromatic N) is 5. The molecular formula is C31H30F3N7OS2. The second-order valence-electron chi connectivity index (χ2n) is 10.1. The lowest BCUT2D eigenvalue weighted by Gasteiger charge is -2.20. The predicted octanol–water partition coefficient (Wildman–Crippen LogP) is 6.87. The van der Waals surface area contributed by atoms with Crippen LogP contribution >= 0.6 is 24.0 Å². The Morgan fingerprint density at radius 2 is 1.82 bits per heavy atom. The summed E-state index contributed by atoms with van der Waals surface area (Å²) in [7, 11) is 0. The molecule has 1 fully saturated rings. The van der Waals surface area contributed by atoms with Crippen LogP contribution in [0.2, 0.25) is 0 Å². The number of aryl methyl sites for hydroxylation is 1. The fraction of sp³-hybridized carbons (Fsp3) is 0.258. The number of thiocarbonyl (C=S) groups is 1. The average Bonchev–Trinajstić information content (AvgIpc) is 3.66. The lowest BCUT2D eigenvalue weighted by atomic mass is 10.1. The number of carbonyl (C=O) groups is 1. The number of aromatic nitrogens is 3. The molecule has 8 nitrogen and oxygen atoms in total. The van der Waals surface area contributed by atoms with Crippen molar-refractivity contribution in [3.8, 4) is 17.1 Å². The summed E-state index contributed by atoms with van der Waals surface area (Å²) in [5.74, 6) is 0.717.